The van der Waals surface area contributed by atoms with E-state index in [4.69, 9.17) is 0 Å². The average Bonchev–Trinajstić information content (AvgIpc) is 2.75. The summed E-state index contributed by atoms with van der Waals surface area (Å²) in [5, 5.41) is 6.87. The number of anilines is 1. The molecule has 0 radical (unpaired) electrons. The molecule has 0 aliphatic heterocycles. The number of hydrogen-bond donors (Lipinski definition) is 2. The molecule has 0 bridgehead atoms. The van der Waals surface area contributed by atoms with E-state index in [1.807, 2.05) is 18.2 Å². The Kier molecular flexibility index (Phi) is 12.6. The molecule has 1 rings (SSSR count). The summed E-state index contributed by atoms with van der Waals surface area (Å²) in [6.07, 6.45) is 1.60. The molecular formula is C22H30Br2N2O5. The number of hydrogen-bond acceptors (Lipinski definition) is 5. The molecule has 0 aromatic heterocycles. The van der Waals surface area contributed by atoms with Crippen molar-refractivity contribution in [2.75, 3.05) is 12.4 Å². The molecule has 7 nitrogen and oxygen atoms in total. The van der Waals surface area contributed by atoms with Gasteiger partial charge in [0.2, 0.25) is 11.8 Å². The average molecular weight is 562 g/mol. The van der Waals surface area contributed by atoms with Gasteiger partial charge in [-0.15, -0.1) is 0 Å². The second kappa shape index (κ2) is 14.3. The molecule has 0 heterocycles. The summed E-state index contributed by atoms with van der Waals surface area (Å²) < 4.78 is 4.55. The van der Waals surface area contributed by atoms with Crippen LogP contribution in [0.5, 0.6) is 0 Å². The summed E-state index contributed by atoms with van der Waals surface area (Å²) >= 11 is 6.84. The number of ketones is 1. The van der Waals surface area contributed by atoms with Crippen molar-refractivity contribution < 1.29 is 23.9 Å². The van der Waals surface area contributed by atoms with E-state index in [0.717, 1.165) is 11.1 Å². The molecule has 0 aliphatic carbocycles. The number of unbranched alkanes of at least 4 members (excludes halogenated alkanes) is 1. The lowest BCUT2D eigenvalue weighted by Crippen LogP contribution is -2.39. The van der Waals surface area contributed by atoms with Crippen molar-refractivity contribution in [1.82, 2.24) is 5.32 Å². The highest BCUT2D eigenvalue weighted by Crippen LogP contribution is 2.20. The Morgan fingerprint density at radius 1 is 0.968 bits per heavy atom. The molecule has 31 heavy (non-hydrogen) atoms. The van der Waals surface area contributed by atoms with Gasteiger partial charge < -0.3 is 15.4 Å². The number of Topliss-reactive ketones (excluding diaryl/α,β-unsaturated/α-hetero) is 1. The molecule has 1 aromatic carbocycles. The van der Waals surface area contributed by atoms with Crippen LogP contribution < -0.4 is 10.6 Å². The maximum atomic E-state index is 12.5. The van der Waals surface area contributed by atoms with E-state index in [-0.39, 0.29) is 42.8 Å². The predicted octanol–water partition coefficient (Wildman–Crippen LogP) is 4.25. The standard InChI is InChI=1S/C22H30Br2N2O5/c1-14(22(30)26-18-10-16(12-23)9-17(11-18)13-24)8-19(27)15(2)25-20(28)6-4-5-7-21(29)31-3/h9-11,14-15H,4-8,12-13H2,1-3H3,(H,25,28)(H,26,30)/t14-,15-/m0/s1. The number of ether oxygens (including phenoxy) is 1. The highest BCUT2D eigenvalue weighted by atomic mass is 79.9. The van der Waals surface area contributed by atoms with Gasteiger partial charge in [-0.05, 0) is 43.0 Å². The lowest BCUT2D eigenvalue weighted by Gasteiger charge is -2.17. The van der Waals surface area contributed by atoms with Gasteiger partial charge in [-0.25, -0.2) is 0 Å². The number of carbonyl (C=O) groups is 4. The normalized spacial score (nSPS) is 12.5. The first-order chi connectivity index (χ1) is 14.7. The molecule has 2 N–H and O–H groups in total. The minimum atomic E-state index is -0.680. The maximum absolute atomic E-state index is 12.5. The first-order valence-electron chi connectivity index (χ1n) is 10.1. The topological polar surface area (TPSA) is 102 Å². The van der Waals surface area contributed by atoms with Crippen LogP contribution in [0.3, 0.4) is 0 Å². The van der Waals surface area contributed by atoms with Gasteiger partial charge >= 0.3 is 5.97 Å². The first-order valence-corrected chi connectivity index (χ1v) is 12.4. The number of nitrogens with one attached hydrogen (secondary N) is 2. The Bertz CT molecular complexity index is 763. The number of benzene rings is 1. The van der Waals surface area contributed by atoms with Crippen LogP contribution in [0.25, 0.3) is 0 Å². The fourth-order valence-corrected chi connectivity index (χ4v) is 3.52. The second-order valence-corrected chi connectivity index (χ2v) is 8.56. The number of carbonyl (C=O) groups excluding carboxylic acids is 4. The largest absolute Gasteiger partial charge is 0.469 e. The molecule has 0 aliphatic rings. The molecular weight excluding hydrogens is 532 g/mol. The van der Waals surface area contributed by atoms with Gasteiger partial charge in [0.25, 0.3) is 0 Å². The van der Waals surface area contributed by atoms with Crippen LogP contribution in [-0.2, 0) is 34.6 Å². The van der Waals surface area contributed by atoms with Crippen molar-refractivity contribution in [3.8, 4) is 0 Å². The van der Waals surface area contributed by atoms with E-state index in [1.165, 1.54) is 7.11 Å². The second-order valence-electron chi connectivity index (χ2n) is 7.44. The third-order valence-corrected chi connectivity index (χ3v) is 6.00. The fourth-order valence-electron chi connectivity index (χ4n) is 2.88. The maximum Gasteiger partial charge on any atom is 0.305 e. The number of alkyl halides is 2. The Hall–Kier alpha value is -1.74. The molecule has 0 unspecified atom stereocenters. The van der Waals surface area contributed by atoms with E-state index in [0.29, 0.717) is 29.2 Å². The lowest BCUT2D eigenvalue weighted by atomic mass is 9.99. The minimum absolute atomic E-state index is 0.0268. The molecule has 1 aromatic rings. The van der Waals surface area contributed by atoms with E-state index in [1.54, 1.807) is 13.8 Å². The van der Waals surface area contributed by atoms with E-state index < -0.39 is 12.0 Å². The van der Waals surface area contributed by atoms with Crippen LogP contribution in [0.4, 0.5) is 5.69 Å². The molecule has 0 fully saturated rings. The zero-order valence-corrected chi connectivity index (χ0v) is 21.3. The number of amides is 2. The quantitative estimate of drug-likeness (QED) is 0.213. The van der Waals surface area contributed by atoms with E-state index in [2.05, 4.69) is 47.2 Å². The van der Waals surface area contributed by atoms with Crippen molar-refractivity contribution >= 4 is 61.1 Å². The SMILES string of the molecule is COC(=O)CCCCC(=O)N[C@@H](C)C(=O)C[C@H](C)C(=O)Nc1cc(CBr)cc(CBr)c1. The van der Waals surface area contributed by atoms with Gasteiger partial charge in [-0.1, -0.05) is 44.8 Å². The number of methoxy groups -OCH3 is 1. The Morgan fingerprint density at radius 2 is 1.55 bits per heavy atom. The van der Waals surface area contributed by atoms with Gasteiger partial charge in [0, 0.05) is 41.5 Å². The Labute approximate surface area is 200 Å². The van der Waals surface area contributed by atoms with Crippen LogP contribution in [0.1, 0.15) is 57.1 Å². The fraction of sp³-hybridized carbons (Fsp3) is 0.545. The van der Waals surface area contributed by atoms with Crippen molar-refractivity contribution in [1.29, 1.82) is 0 Å². The van der Waals surface area contributed by atoms with Crippen LogP contribution in [0.15, 0.2) is 18.2 Å². The van der Waals surface area contributed by atoms with E-state index in [9.17, 15) is 19.2 Å². The first kappa shape index (κ1) is 27.3. The summed E-state index contributed by atoms with van der Waals surface area (Å²) in [5.74, 6) is -1.55. The van der Waals surface area contributed by atoms with Gasteiger partial charge in [0.1, 0.15) is 0 Å². The monoisotopic (exact) mass is 560 g/mol. The molecule has 9 heteroatoms. The van der Waals surface area contributed by atoms with Crippen molar-refractivity contribution in [3.05, 3.63) is 29.3 Å². The zero-order chi connectivity index (χ0) is 23.4. The number of esters is 1. The van der Waals surface area contributed by atoms with Crippen molar-refractivity contribution in [2.45, 2.75) is 62.7 Å². The van der Waals surface area contributed by atoms with Gasteiger partial charge in [0.15, 0.2) is 5.78 Å². The predicted molar refractivity (Wildman–Crippen MR) is 127 cm³/mol. The summed E-state index contributed by atoms with van der Waals surface area (Å²) in [6.45, 7) is 3.30. The highest BCUT2D eigenvalue weighted by molar-refractivity contribution is 9.08. The molecule has 2 amide bonds. The summed E-state index contributed by atoms with van der Waals surface area (Å²) in [7, 11) is 1.32. The smallest absolute Gasteiger partial charge is 0.305 e. The van der Waals surface area contributed by atoms with Crippen molar-refractivity contribution in [2.24, 2.45) is 5.92 Å². The lowest BCUT2D eigenvalue weighted by molar-refractivity contribution is -0.140. The molecule has 2 atom stereocenters. The van der Waals surface area contributed by atoms with Crippen molar-refractivity contribution in [3.63, 3.8) is 0 Å². The third-order valence-electron chi connectivity index (χ3n) is 4.71. The summed E-state index contributed by atoms with van der Waals surface area (Å²) in [6, 6.07) is 5.12. The molecule has 0 saturated carbocycles. The minimum Gasteiger partial charge on any atom is -0.469 e. The summed E-state index contributed by atoms with van der Waals surface area (Å²) in [5.41, 5.74) is 2.77. The van der Waals surface area contributed by atoms with Crippen LogP contribution in [0, 0.1) is 5.92 Å². The number of rotatable bonds is 13. The summed E-state index contributed by atoms with van der Waals surface area (Å²) in [4.78, 5) is 48.0. The highest BCUT2D eigenvalue weighted by Gasteiger charge is 2.22. The van der Waals surface area contributed by atoms with Gasteiger partial charge in [0.05, 0.1) is 13.2 Å². The molecule has 0 spiro atoms. The number of halogens is 2. The third kappa shape index (κ3) is 10.4. The molecule has 172 valence electrons. The van der Waals surface area contributed by atoms with Crippen LogP contribution in [-0.4, -0.2) is 36.7 Å². The molecule has 0 saturated heterocycles. The zero-order valence-electron chi connectivity index (χ0n) is 18.1. The van der Waals surface area contributed by atoms with Gasteiger partial charge in [-0.3, -0.25) is 19.2 Å². The Balaban J connectivity index is 2.48. The van der Waals surface area contributed by atoms with E-state index >= 15 is 0 Å². The van der Waals surface area contributed by atoms with Gasteiger partial charge in [-0.2, -0.15) is 0 Å². The van der Waals surface area contributed by atoms with Crippen LogP contribution >= 0.6 is 31.9 Å². The van der Waals surface area contributed by atoms with Crippen LogP contribution in [0.2, 0.25) is 0 Å². The Morgan fingerprint density at radius 3 is 2.10 bits per heavy atom.